The SMILES string of the molecule is CC1=C(C(=O)N2CC(c3cc(C)on3)C2)C(C)n2ncnc2N1C. The fourth-order valence-electron chi connectivity index (χ4n) is 3.43. The molecule has 126 valence electrons. The van der Waals surface area contributed by atoms with Gasteiger partial charge in [-0.25, -0.2) is 4.68 Å². The normalized spacial score (nSPS) is 21.1. The quantitative estimate of drug-likeness (QED) is 0.831. The Balaban J connectivity index is 1.54. The number of rotatable bonds is 2. The summed E-state index contributed by atoms with van der Waals surface area (Å²) in [5.41, 5.74) is 2.62. The highest BCUT2D eigenvalue weighted by atomic mass is 16.5. The van der Waals surface area contributed by atoms with E-state index in [0.717, 1.165) is 28.7 Å². The number of aryl methyl sites for hydroxylation is 1. The lowest BCUT2D eigenvalue weighted by atomic mass is 9.93. The number of carbonyl (C=O) groups is 1. The summed E-state index contributed by atoms with van der Waals surface area (Å²) in [6.45, 7) is 7.16. The van der Waals surface area contributed by atoms with E-state index in [9.17, 15) is 4.79 Å². The molecule has 24 heavy (non-hydrogen) atoms. The lowest BCUT2D eigenvalue weighted by Crippen LogP contribution is -2.50. The standard InChI is InChI=1S/C16H20N6O2/c1-9-5-13(19-24-9)12-6-21(7-12)15(23)14-10(2)20(4)16-17-8-18-22(16)11(14)3/h5,8,11-12H,6-7H2,1-4H3. The van der Waals surface area contributed by atoms with E-state index in [1.54, 1.807) is 4.68 Å². The highest BCUT2D eigenvalue weighted by molar-refractivity contribution is 5.96. The Labute approximate surface area is 139 Å². The topological polar surface area (TPSA) is 80.3 Å². The molecule has 2 aliphatic rings. The maximum Gasteiger partial charge on any atom is 0.253 e. The van der Waals surface area contributed by atoms with Gasteiger partial charge in [0.25, 0.3) is 5.91 Å². The van der Waals surface area contributed by atoms with Crippen LogP contribution in [0.1, 0.15) is 37.3 Å². The van der Waals surface area contributed by atoms with Crippen LogP contribution < -0.4 is 4.90 Å². The number of hydrogen-bond donors (Lipinski definition) is 0. The first-order valence-electron chi connectivity index (χ1n) is 8.04. The summed E-state index contributed by atoms with van der Waals surface area (Å²) in [4.78, 5) is 21.0. The Bertz CT molecular complexity index is 829. The summed E-state index contributed by atoms with van der Waals surface area (Å²) in [5, 5.41) is 8.31. The first-order chi connectivity index (χ1) is 11.5. The smallest absolute Gasteiger partial charge is 0.253 e. The van der Waals surface area contributed by atoms with Crippen LogP contribution in [0.25, 0.3) is 0 Å². The number of anilines is 1. The van der Waals surface area contributed by atoms with Crippen LogP contribution in [0.3, 0.4) is 0 Å². The third-order valence-corrected chi connectivity index (χ3v) is 5.00. The number of amides is 1. The fourth-order valence-corrected chi connectivity index (χ4v) is 3.43. The van der Waals surface area contributed by atoms with E-state index in [1.165, 1.54) is 6.33 Å². The van der Waals surface area contributed by atoms with Gasteiger partial charge in [-0.05, 0) is 20.8 Å². The van der Waals surface area contributed by atoms with Crippen LogP contribution in [-0.4, -0.2) is 50.9 Å². The van der Waals surface area contributed by atoms with Crippen LogP contribution in [0.4, 0.5) is 5.95 Å². The van der Waals surface area contributed by atoms with Crippen LogP contribution in [0.15, 0.2) is 28.2 Å². The summed E-state index contributed by atoms with van der Waals surface area (Å²) in [7, 11) is 1.91. The van der Waals surface area contributed by atoms with Gasteiger partial charge in [-0.1, -0.05) is 5.16 Å². The molecular formula is C16H20N6O2. The highest BCUT2D eigenvalue weighted by Gasteiger charge is 2.39. The summed E-state index contributed by atoms with van der Waals surface area (Å²) in [6, 6.07) is 1.81. The van der Waals surface area contributed by atoms with Gasteiger partial charge < -0.3 is 14.3 Å². The zero-order valence-electron chi connectivity index (χ0n) is 14.2. The van der Waals surface area contributed by atoms with Gasteiger partial charge in [0.15, 0.2) is 0 Å². The average molecular weight is 328 g/mol. The number of nitrogens with zero attached hydrogens (tertiary/aromatic N) is 6. The summed E-state index contributed by atoms with van der Waals surface area (Å²) in [6.07, 6.45) is 1.52. The molecule has 2 aliphatic heterocycles. The van der Waals surface area contributed by atoms with Crippen molar-refractivity contribution in [3.05, 3.63) is 35.1 Å². The van der Waals surface area contributed by atoms with Crippen molar-refractivity contribution in [2.75, 3.05) is 25.0 Å². The minimum Gasteiger partial charge on any atom is -0.361 e. The zero-order valence-corrected chi connectivity index (χ0v) is 14.2. The molecule has 0 bridgehead atoms. The van der Waals surface area contributed by atoms with Gasteiger partial charge in [-0.3, -0.25) is 4.79 Å². The molecule has 1 fully saturated rings. The van der Waals surface area contributed by atoms with Crippen molar-refractivity contribution in [3.8, 4) is 0 Å². The van der Waals surface area contributed by atoms with Crippen molar-refractivity contribution >= 4 is 11.9 Å². The second-order valence-electron chi connectivity index (χ2n) is 6.51. The molecule has 0 N–H and O–H groups in total. The molecule has 8 heteroatoms. The lowest BCUT2D eigenvalue weighted by Gasteiger charge is -2.41. The molecule has 0 aliphatic carbocycles. The molecular weight excluding hydrogens is 308 g/mol. The average Bonchev–Trinajstić information content (AvgIpc) is 3.13. The van der Waals surface area contributed by atoms with Gasteiger partial charge in [0.1, 0.15) is 12.1 Å². The van der Waals surface area contributed by atoms with E-state index in [4.69, 9.17) is 4.52 Å². The molecule has 8 nitrogen and oxygen atoms in total. The van der Waals surface area contributed by atoms with Gasteiger partial charge in [0, 0.05) is 37.8 Å². The molecule has 0 spiro atoms. The minimum atomic E-state index is -0.125. The van der Waals surface area contributed by atoms with E-state index >= 15 is 0 Å². The van der Waals surface area contributed by atoms with E-state index in [0.29, 0.717) is 13.1 Å². The monoisotopic (exact) mass is 328 g/mol. The Morgan fingerprint density at radius 1 is 1.33 bits per heavy atom. The lowest BCUT2D eigenvalue weighted by molar-refractivity contribution is -0.132. The minimum absolute atomic E-state index is 0.0597. The first-order valence-corrected chi connectivity index (χ1v) is 8.04. The van der Waals surface area contributed by atoms with E-state index in [1.807, 2.05) is 43.7 Å². The van der Waals surface area contributed by atoms with Crippen LogP contribution >= 0.6 is 0 Å². The highest BCUT2D eigenvalue weighted by Crippen LogP contribution is 2.36. The first kappa shape index (κ1) is 14.9. The van der Waals surface area contributed by atoms with Crippen molar-refractivity contribution in [1.82, 2.24) is 24.8 Å². The fraction of sp³-hybridized carbons (Fsp3) is 0.500. The maximum absolute atomic E-state index is 13.0. The summed E-state index contributed by atoms with van der Waals surface area (Å²) >= 11 is 0. The zero-order chi connectivity index (χ0) is 17.0. The molecule has 1 atom stereocenters. The number of hydrogen-bond acceptors (Lipinski definition) is 6. The van der Waals surface area contributed by atoms with Gasteiger partial charge >= 0.3 is 0 Å². The van der Waals surface area contributed by atoms with E-state index in [-0.39, 0.29) is 17.9 Å². The third-order valence-electron chi connectivity index (χ3n) is 5.00. The maximum atomic E-state index is 13.0. The van der Waals surface area contributed by atoms with Crippen molar-refractivity contribution in [2.45, 2.75) is 32.7 Å². The Kier molecular flexibility index (Phi) is 3.22. The Morgan fingerprint density at radius 2 is 2.08 bits per heavy atom. The van der Waals surface area contributed by atoms with Gasteiger partial charge in [-0.2, -0.15) is 10.1 Å². The summed E-state index contributed by atoms with van der Waals surface area (Å²) < 4.78 is 6.91. The number of fused-ring (bicyclic) bond motifs is 1. The molecule has 2 aromatic heterocycles. The van der Waals surface area contributed by atoms with Gasteiger partial charge in [0.2, 0.25) is 5.95 Å². The second-order valence-corrected chi connectivity index (χ2v) is 6.51. The molecule has 0 aromatic carbocycles. The number of likely N-dealkylation sites (tertiary alicyclic amines) is 1. The number of carbonyl (C=O) groups excluding carboxylic acids is 1. The molecule has 1 saturated heterocycles. The number of allylic oxidation sites excluding steroid dienone is 1. The predicted molar refractivity (Wildman–Crippen MR) is 86.4 cm³/mol. The molecule has 0 radical (unpaired) electrons. The molecule has 0 saturated carbocycles. The second kappa shape index (κ2) is 5.19. The molecule has 4 rings (SSSR count). The van der Waals surface area contributed by atoms with Crippen LogP contribution in [0, 0.1) is 6.92 Å². The van der Waals surface area contributed by atoms with Gasteiger partial charge in [-0.15, -0.1) is 0 Å². The van der Waals surface area contributed by atoms with Crippen LogP contribution in [0.2, 0.25) is 0 Å². The van der Waals surface area contributed by atoms with Gasteiger partial charge in [0.05, 0.1) is 17.3 Å². The van der Waals surface area contributed by atoms with Crippen LogP contribution in [0.5, 0.6) is 0 Å². The molecule has 2 aromatic rings. The molecule has 1 amide bonds. The molecule has 4 heterocycles. The van der Waals surface area contributed by atoms with Crippen molar-refractivity contribution < 1.29 is 9.32 Å². The van der Waals surface area contributed by atoms with E-state index < -0.39 is 0 Å². The Hall–Kier alpha value is -2.64. The van der Waals surface area contributed by atoms with Crippen molar-refractivity contribution in [3.63, 3.8) is 0 Å². The van der Waals surface area contributed by atoms with Crippen LogP contribution in [-0.2, 0) is 4.79 Å². The Morgan fingerprint density at radius 3 is 2.75 bits per heavy atom. The predicted octanol–water partition coefficient (Wildman–Crippen LogP) is 1.49. The summed E-state index contributed by atoms with van der Waals surface area (Å²) in [5.74, 6) is 1.88. The largest absolute Gasteiger partial charge is 0.361 e. The van der Waals surface area contributed by atoms with Crippen molar-refractivity contribution in [2.24, 2.45) is 0 Å². The molecule has 1 unspecified atom stereocenters. The van der Waals surface area contributed by atoms with Crippen molar-refractivity contribution in [1.29, 1.82) is 0 Å². The van der Waals surface area contributed by atoms with E-state index in [2.05, 4.69) is 15.2 Å². The number of aromatic nitrogens is 4. The third kappa shape index (κ3) is 2.05.